The van der Waals surface area contributed by atoms with Crippen LogP contribution in [0.4, 0.5) is 4.39 Å². The van der Waals surface area contributed by atoms with E-state index >= 15 is 0 Å². The lowest BCUT2D eigenvalue weighted by Crippen LogP contribution is -2.34. The van der Waals surface area contributed by atoms with Gasteiger partial charge >= 0.3 is 0 Å². The minimum atomic E-state index is -0.385. The van der Waals surface area contributed by atoms with Crippen molar-refractivity contribution in [2.45, 2.75) is 30.5 Å². The van der Waals surface area contributed by atoms with Crippen LogP contribution < -0.4 is 5.56 Å². The van der Waals surface area contributed by atoms with Gasteiger partial charge in [-0.2, -0.15) is 0 Å². The lowest BCUT2D eigenvalue weighted by atomic mass is 9.87. The molecule has 0 aliphatic heterocycles. The molecule has 1 heterocycles. The molecule has 0 N–H and O–H groups in total. The average molecular weight is 474 g/mol. The number of hydrogen-bond donors (Lipinski definition) is 0. The van der Waals surface area contributed by atoms with Gasteiger partial charge in [-0.25, -0.2) is 9.37 Å². The summed E-state index contributed by atoms with van der Waals surface area (Å²) in [5.41, 5.74) is 3.33. The fourth-order valence-electron chi connectivity index (χ4n) is 4.56. The average Bonchev–Trinajstić information content (AvgIpc) is 2.87. The van der Waals surface area contributed by atoms with Gasteiger partial charge in [-0.3, -0.25) is 14.2 Å². The molecule has 1 atom stereocenters. The number of carbonyl (C=O) groups excluding carboxylic acids is 1. The number of aryl methyl sites for hydroxylation is 1. The van der Waals surface area contributed by atoms with E-state index in [1.807, 2.05) is 30.1 Å². The van der Waals surface area contributed by atoms with Crippen molar-refractivity contribution < 1.29 is 9.18 Å². The molecule has 1 unspecified atom stereocenters. The van der Waals surface area contributed by atoms with Crippen molar-refractivity contribution in [2.24, 2.45) is 0 Å². The van der Waals surface area contributed by atoms with Crippen LogP contribution in [0, 0.1) is 5.82 Å². The van der Waals surface area contributed by atoms with Crippen molar-refractivity contribution in [3.05, 3.63) is 100 Å². The summed E-state index contributed by atoms with van der Waals surface area (Å²) in [4.78, 5) is 33.0. The molecule has 0 spiro atoms. The zero-order chi connectivity index (χ0) is 23.7. The molecule has 34 heavy (non-hydrogen) atoms. The monoisotopic (exact) mass is 473 g/mol. The first-order valence-electron chi connectivity index (χ1n) is 11.3. The van der Waals surface area contributed by atoms with E-state index in [4.69, 9.17) is 0 Å². The fraction of sp³-hybridized carbons (Fsp3) is 0.222. The number of hydrogen-bond acceptors (Lipinski definition) is 4. The van der Waals surface area contributed by atoms with E-state index in [0.29, 0.717) is 21.7 Å². The van der Waals surface area contributed by atoms with Crippen LogP contribution >= 0.6 is 11.8 Å². The van der Waals surface area contributed by atoms with Crippen LogP contribution in [-0.2, 0) is 11.2 Å². The number of fused-ring (bicyclic) bond motifs is 2. The highest BCUT2D eigenvalue weighted by atomic mass is 32.2. The molecule has 0 saturated carbocycles. The SMILES string of the molecule is CN(C(=O)CSc1nc2ccccc2c(=O)n1-c1ccc(F)cc1)C1CCCc2ccccc21. The smallest absolute Gasteiger partial charge is 0.266 e. The lowest BCUT2D eigenvalue weighted by molar-refractivity contribution is -0.129. The summed E-state index contributed by atoms with van der Waals surface area (Å²) < 4.78 is 15.0. The van der Waals surface area contributed by atoms with Crippen LogP contribution in [0.25, 0.3) is 16.6 Å². The van der Waals surface area contributed by atoms with Crippen LogP contribution in [0.3, 0.4) is 0 Å². The van der Waals surface area contributed by atoms with E-state index in [2.05, 4.69) is 17.1 Å². The van der Waals surface area contributed by atoms with Crippen LogP contribution in [0.1, 0.15) is 30.0 Å². The summed E-state index contributed by atoms with van der Waals surface area (Å²) in [7, 11) is 1.84. The third-order valence-corrected chi connectivity index (χ3v) is 7.28. The second-order valence-electron chi connectivity index (χ2n) is 8.43. The molecular weight excluding hydrogens is 449 g/mol. The molecule has 0 saturated heterocycles. The number of amides is 1. The van der Waals surface area contributed by atoms with E-state index < -0.39 is 0 Å². The topological polar surface area (TPSA) is 55.2 Å². The van der Waals surface area contributed by atoms with Gasteiger partial charge in [0.15, 0.2) is 5.16 Å². The Balaban J connectivity index is 1.45. The first-order valence-corrected chi connectivity index (χ1v) is 12.3. The minimum Gasteiger partial charge on any atom is -0.338 e. The number of nitrogens with zero attached hydrogens (tertiary/aromatic N) is 3. The molecule has 0 bridgehead atoms. The van der Waals surface area contributed by atoms with Crippen LogP contribution in [0.5, 0.6) is 0 Å². The largest absolute Gasteiger partial charge is 0.338 e. The van der Waals surface area contributed by atoms with E-state index in [1.54, 1.807) is 30.3 Å². The van der Waals surface area contributed by atoms with Crippen molar-refractivity contribution in [3.63, 3.8) is 0 Å². The Labute approximate surface area is 201 Å². The second kappa shape index (κ2) is 9.43. The summed E-state index contributed by atoms with van der Waals surface area (Å²) in [6.45, 7) is 0. The normalized spacial score (nSPS) is 15.2. The molecule has 172 valence electrons. The third-order valence-electron chi connectivity index (χ3n) is 6.35. The Morgan fingerprint density at radius 2 is 1.82 bits per heavy atom. The van der Waals surface area contributed by atoms with E-state index in [0.717, 1.165) is 19.3 Å². The Bertz CT molecular complexity index is 1420. The van der Waals surface area contributed by atoms with Gasteiger partial charge in [-0.05, 0) is 66.8 Å². The number of para-hydroxylation sites is 1. The summed E-state index contributed by atoms with van der Waals surface area (Å²) in [6, 6.07) is 21.2. The van der Waals surface area contributed by atoms with Gasteiger partial charge in [0, 0.05) is 7.05 Å². The summed E-state index contributed by atoms with van der Waals surface area (Å²) in [6.07, 6.45) is 3.01. The lowest BCUT2D eigenvalue weighted by Gasteiger charge is -2.33. The quantitative estimate of drug-likeness (QED) is 0.297. The molecule has 7 heteroatoms. The van der Waals surface area contributed by atoms with Gasteiger partial charge in [0.1, 0.15) is 5.82 Å². The molecule has 1 aromatic heterocycles. The molecule has 0 radical (unpaired) electrons. The standard InChI is InChI=1S/C27H24FN3O2S/c1-30(24-12-6-8-18-7-2-3-9-21(18)24)25(32)17-34-27-29-23-11-5-4-10-22(23)26(33)31(27)20-15-13-19(28)14-16-20/h2-5,7,9-11,13-16,24H,6,8,12,17H2,1H3. The second-order valence-corrected chi connectivity index (χ2v) is 9.37. The van der Waals surface area contributed by atoms with Gasteiger partial charge in [0.25, 0.3) is 5.56 Å². The molecule has 0 fully saturated rings. The number of aromatic nitrogens is 2. The van der Waals surface area contributed by atoms with Crippen molar-refractivity contribution in [2.75, 3.05) is 12.8 Å². The highest BCUT2D eigenvalue weighted by Crippen LogP contribution is 2.34. The van der Waals surface area contributed by atoms with Crippen molar-refractivity contribution >= 4 is 28.6 Å². The molecule has 1 aliphatic carbocycles. The maximum Gasteiger partial charge on any atom is 0.266 e. The Hall–Kier alpha value is -3.45. The summed E-state index contributed by atoms with van der Waals surface area (Å²) >= 11 is 1.22. The first kappa shape index (κ1) is 22.3. The van der Waals surface area contributed by atoms with E-state index in [9.17, 15) is 14.0 Å². The van der Waals surface area contributed by atoms with Crippen molar-refractivity contribution in [3.8, 4) is 5.69 Å². The maximum atomic E-state index is 13.5. The van der Waals surface area contributed by atoms with Gasteiger partial charge < -0.3 is 4.90 Å². The van der Waals surface area contributed by atoms with Crippen LogP contribution in [-0.4, -0.2) is 33.2 Å². The molecule has 5 rings (SSSR count). The highest BCUT2D eigenvalue weighted by Gasteiger charge is 2.27. The van der Waals surface area contributed by atoms with Crippen molar-refractivity contribution in [1.29, 1.82) is 0 Å². The van der Waals surface area contributed by atoms with Crippen LogP contribution in [0.2, 0.25) is 0 Å². The maximum absolute atomic E-state index is 13.5. The molecule has 4 aromatic rings. The van der Waals surface area contributed by atoms with E-state index in [1.165, 1.54) is 39.6 Å². The van der Waals surface area contributed by atoms with E-state index in [-0.39, 0.29) is 29.1 Å². The fourth-order valence-corrected chi connectivity index (χ4v) is 5.50. The highest BCUT2D eigenvalue weighted by molar-refractivity contribution is 7.99. The van der Waals surface area contributed by atoms with Gasteiger partial charge in [0.05, 0.1) is 28.4 Å². The molecule has 1 amide bonds. The number of thioether (sulfide) groups is 1. The summed E-state index contributed by atoms with van der Waals surface area (Å²) in [5.74, 6) is -0.273. The van der Waals surface area contributed by atoms with Gasteiger partial charge in [0.2, 0.25) is 5.91 Å². The van der Waals surface area contributed by atoms with Crippen molar-refractivity contribution in [1.82, 2.24) is 14.5 Å². The molecular formula is C27H24FN3O2S. The summed E-state index contributed by atoms with van der Waals surface area (Å²) in [5, 5.41) is 0.875. The predicted molar refractivity (Wildman–Crippen MR) is 133 cm³/mol. The Morgan fingerprint density at radius 3 is 2.65 bits per heavy atom. The molecule has 3 aromatic carbocycles. The number of benzene rings is 3. The first-order chi connectivity index (χ1) is 16.5. The number of rotatable bonds is 5. The number of halogens is 1. The molecule has 5 nitrogen and oxygen atoms in total. The Kier molecular flexibility index (Phi) is 6.20. The predicted octanol–water partition coefficient (Wildman–Crippen LogP) is 5.15. The van der Waals surface area contributed by atoms with Gasteiger partial charge in [-0.1, -0.05) is 48.2 Å². The Morgan fingerprint density at radius 1 is 1.09 bits per heavy atom. The zero-order valence-corrected chi connectivity index (χ0v) is 19.6. The third kappa shape index (κ3) is 4.23. The number of carbonyl (C=O) groups is 1. The minimum absolute atomic E-state index is 0.0280. The molecule has 1 aliphatic rings. The van der Waals surface area contributed by atoms with Gasteiger partial charge in [-0.15, -0.1) is 0 Å². The van der Waals surface area contributed by atoms with Crippen LogP contribution in [0.15, 0.2) is 82.7 Å². The zero-order valence-electron chi connectivity index (χ0n) is 18.8.